The summed E-state index contributed by atoms with van der Waals surface area (Å²) < 4.78 is 41.2. The molecule has 3 aromatic rings. The van der Waals surface area contributed by atoms with Gasteiger partial charge in [0, 0.05) is 13.0 Å². The number of esters is 4. The highest BCUT2D eigenvalue weighted by atomic mass is 16.7. The lowest BCUT2D eigenvalue weighted by atomic mass is 9.86. The zero-order chi connectivity index (χ0) is 33.2. The van der Waals surface area contributed by atoms with Crippen LogP contribution in [0, 0.1) is 5.92 Å². The van der Waals surface area contributed by atoms with E-state index in [0.717, 1.165) is 0 Å². The number of benzene rings is 3. The lowest BCUT2D eigenvalue weighted by Crippen LogP contribution is -2.48. The summed E-state index contributed by atoms with van der Waals surface area (Å²) in [5.41, 5.74) is 0.879. The maximum Gasteiger partial charge on any atom is 0.338 e. The predicted octanol–water partition coefficient (Wildman–Crippen LogP) is 4.78. The Bertz CT molecular complexity index is 1480. The highest BCUT2D eigenvalue weighted by molar-refractivity contribution is 5.91. The minimum atomic E-state index is -1.18. The van der Waals surface area contributed by atoms with E-state index in [9.17, 15) is 19.2 Å². The lowest BCUT2D eigenvalue weighted by molar-refractivity contribution is -0.226. The molecule has 11 heteroatoms. The van der Waals surface area contributed by atoms with Gasteiger partial charge in [-0.15, -0.1) is 0 Å². The molecular weight excluding hydrogens is 608 g/mol. The first-order chi connectivity index (χ1) is 22.9. The maximum absolute atomic E-state index is 13.5. The molecule has 248 valence electrons. The number of hydrogen-bond acceptors (Lipinski definition) is 11. The highest BCUT2D eigenvalue weighted by Crippen LogP contribution is 2.39. The van der Waals surface area contributed by atoms with Gasteiger partial charge in [0.1, 0.15) is 18.8 Å². The third kappa shape index (κ3) is 8.62. The Labute approximate surface area is 273 Å². The normalized spacial score (nSPS) is 25.4. The van der Waals surface area contributed by atoms with Crippen LogP contribution in [0.2, 0.25) is 0 Å². The van der Waals surface area contributed by atoms with Crippen molar-refractivity contribution in [2.24, 2.45) is 5.92 Å². The molecule has 2 aliphatic rings. The summed E-state index contributed by atoms with van der Waals surface area (Å²) in [5.74, 6) is -2.98. The second-order valence-electron chi connectivity index (χ2n) is 11.1. The van der Waals surface area contributed by atoms with E-state index in [1.165, 1.54) is 0 Å². The molecular formula is C36H38O11. The van der Waals surface area contributed by atoms with Gasteiger partial charge < -0.3 is 33.2 Å². The summed E-state index contributed by atoms with van der Waals surface area (Å²) in [6, 6.07) is 25.2. The molecule has 7 atom stereocenters. The van der Waals surface area contributed by atoms with Crippen LogP contribution >= 0.6 is 0 Å². The second-order valence-corrected chi connectivity index (χ2v) is 11.1. The monoisotopic (exact) mass is 646 g/mol. The average Bonchev–Trinajstić information content (AvgIpc) is 3.44. The Hall–Kier alpha value is -4.58. The van der Waals surface area contributed by atoms with E-state index >= 15 is 0 Å². The van der Waals surface area contributed by atoms with Crippen molar-refractivity contribution in [2.45, 2.75) is 63.5 Å². The van der Waals surface area contributed by atoms with Crippen molar-refractivity contribution in [1.29, 1.82) is 0 Å². The van der Waals surface area contributed by atoms with E-state index in [4.69, 9.17) is 33.2 Å². The van der Waals surface area contributed by atoms with Crippen LogP contribution in [0.5, 0.6) is 0 Å². The minimum absolute atomic E-state index is 0.155. The lowest BCUT2D eigenvalue weighted by Gasteiger charge is -2.37. The molecule has 3 aromatic carbocycles. The van der Waals surface area contributed by atoms with Crippen LogP contribution in [0.25, 0.3) is 0 Å². The summed E-state index contributed by atoms with van der Waals surface area (Å²) in [6.45, 7) is 3.67. The first-order valence-electron chi connectivity index (χ1n) is 15.7. The molecule has 0 bridgehead atoms. The molecule has 2 fully saturated rings. The highest BCUT2D eigenvalue weighted by Gasteiger charge is 2.54. The Morgan fingerprint density at radius 1 is 0.638 bits per heavy atom. The van der Waals surface area contributed by atoms with Crippen molar-refractivity contribution in [2.75, 3.05) is 19.8 Å². The van der Waals surface area contributed by atoms with Gasteiger partial charge in [0.05, 0.1) is 23.3 Å². The van der Waals surface area contributed by atoms with E-state index in [1.54, 1.807) is 105 Å². The summed E-state index contributed by atoms with van der Waals surface area (Å²) in [4.78, 5) is 52.7. The van der Waals surface area contributed by atoms with Gasteiger partial charge in [0.15, 0.2) is 24.6 Å². The fraction of sp³-hybridized carbons (Fsp3) is 0.389. The Morgan fingerprint density at radius 3 is 1.70 bits per heavy atom. The van der Waals surface area contributed by atoms with Crippen LogP contribution in [0.3, 0.4) is 0 Å². The van der Waals surface area contributed by atoms with Gasteiger partial charge in [0.2, 0.25) is 0 Å². The summed E-state index contributed by atoms with van der Waals surface area (Å²) in [7, 11) is 0. The number of carbonyl (C=O) groups is 4. The topological polar surface area (TPSA) is 133 Å². The molecule has 0 unspecified atom stereocenters. The molecule has 0 N–H and O–H groups in total. The first-order valence-corrected chi connectivity index (χ1v) is 15.7. The molecule has 2 heterocycles. The van der Waals surface area contributed by atoms with Crippen LogP contribution < -0.4 is 0 Å². The molecule has 0 aromatic heterocycles. The fourth-order valence-corrected chi connectivity index (χ4v) is 5.75. The first kappa shape index (κ1) is 33.8. The quantitative estimate of drug-likeness (QED) is 0.199. The van der Waals surface area contributed by atoms with Crippen LogP contribution in [-0.2, 0) is 38.0 Å². The number of carbonyl (C=O) groups excluding carboxylic acids is 4. The van der Waals surface area contributed by atoms with Crippen molar-refractivity contribution in [3.05, 3.63) is 108 Å². The Morgan fingerprint density at radius 2 is 1.17 bits per heavy atom. The number of hydrogen-bond donors (Lipinski definition) is 0. The largest absolute Gasteiger partial charge is 0.464 e. The molecule has 47 heavy (non-hydrogen) atoms. The van der Waals surface area contributed by atoms with Crippen molar-refractivity contribution < 1.29 is 52.3 Å². The molecule has 11 nitrogen and oxygen atoms in total. The smallest absolute Gasteiger partial charge is 0.338 e. The van der Waals surface area contributed by atoms with E-state index in [1.807, 2.05) is 0 Å². The van der Waals surface area contributed by atoms with Crippen molar-refractivity contribution in [3.63, 3.8) is 0 Å². The Balaban J connectivity index is 1.48. The SMILES string of the molecule is CCOC(=O)[C@@H]1C[C@H]([C@@H]2O[C@H](COC(=O)c3ccccc3)[C@@H](OC(=O)c3ccccc3)[C@H]2OC(=O)c2ccccc2)C[C@@H](OCC)O1. The number of ether oxygens (including phenoxy) is 7. The van der Waals surface area contributed by atoms with Gasteiger partial charge in [-0.1, -0.05) is 54.6 Å². The van der Waals surface area contributed by atoms with E-state index in [-0.39, 0.29) is 37.2 Å². The fourth-order valence-electron chi connectivity index (χ4n) is 5.75. The second kappa shape index (κ2) is 16.3. The molecule has 2 aliphatic heterocycles. The van der Waals surface area contributed by atoms with Crippen LogP contribution in [0.1, 0.15) is 57.8 Å². The van der Waals surface area contributed by atoms with E-state index in [2.05, 4.69) is 0 Å². The molecule has 2 saturated heterocycles. The maximum atomic E-state index is 13.5. The van der Waals surface area contributed by atoms with Crippen LogP contribution in [-0.4, -0.2) is 80.5 Å². The van der Waals surface area contributed by atoms with Gasteiger partial charge >= 0.3 is 23.9 Å². The zero-order valence-electron chi connectivity index (χ0n) is 26.2. The molecule has 0 saturated carbocycles. The molecule has 0 amide bonds. The number of rotatable bonds is 12. The molecule has 5 rings (SSSR count). The zero-order valence-corrected chi connectivity index (χ0v) is 26.2. The van der Waals surface area contributed by atoms with Crippen LogP contribution in [0.15, 0.2) is 91.0 Å². The molecule has 0 aliphatic carbocycles. The van der Waals surface area contributed by atoms with Gasteiger partial charge in [-0.25, -0.2) is 19.2 Å². The minimum Gasteiger partial charge on any atom is -0.464 e. The third-order valence-electron chi connectivity index (χ3n) is 7.93. The third-order valence-corrected chi connectivity index (χ3v) is 7.93. The van der Waals surface area contributed by atoms with Gasteiger partial charge in [0.25, 0.3) is 0 Å². The molecule has 0 spiro atoms. The van der Waals surface area contributed by atoms with Gasteiger partial charge in [-0.3, -0.25) is 0 Å². The van der Waals surface area contributed by atoms with Gasteiger partial charge in [-0.2, -0.15) is 0 Å². The predicted molar refractivity (Wildman–Crippen MR) is 166 cm³/mol. The molecule has 0 radical (unpaired) electrons. The van der Waals surface area contributed by atoms with Crippen molar-refractivity contribution >= 4 is 23.9 Å². The van der Waals surface area contributed by atoms with Crippen molar-refractivity contribution in [1.82, 2.24) is 0 Å². The summed E-state index contributed by atoms with van der Waals surface area (Å²) >= 11 is 0. The van der Waals surface area contributed by atoms with E-state index < -0.39 is 66.6 Å². The van der Waals surface area contributed by atoms with Crippen molar-refractivity contribution in [3.8, 4) is 0 Å². The van der Waals surface area contributed by atoms with Gasteiger partial charge in [-0.05, 0) is 62.6 Å². The van der Waals surface area contributed by atoms with E-state index in [0.29, 0.717) is 12.2 Å². The van der Waals surface area contributed by atoms with Crippen LogP contribution in [0.4, 0.5) is 0 Å². The Kier molecular flexibility index (Phi) is 11.7. The summed E-state index contributed by atoms with van der Waals surface area (Å²) in [5, 5.41) is 0. The average molecular weight is 647 g/mol. The summed E-state index contributed by atoms with van der Waals surface area (Å²) in [6.07, 6.45) is -5.57. The standard InChI is InChI=1S/C36H38O11/c1-3-41-29-21-26(20-27(44-29)36(40)42-4-2)30-32(47-35(39)25-18-12-7-13-19-25)31(46-34(38)24-16-10-6-11-17-24)28(45-30)22-43-33(37)23-14-8-5-9-15-23/h5-19,26-32H,3-4,20-22H2,1-2H3/t26-,27-,28+,29-,30-,31+,32-/m0/s1.